The summed E-state index contributed by atoms with van der Waals surface area (Å²) >= 11 is 3.08. The van der Waals surface area contributed by atoms with Crippen molar-refractivity contribution in [1.29, 1.82) is 0 Å². The number of thioether (sulfide) groups is 1. The molecule has 0 aliphatic carbocycles. The molecule has 0 saturated carbocycles. The molecule has 1 aliphatic heterocycles. The molecule has 1 aliphatic rings. The number of carbonyl (C=O) groups is 1. The largest absolute Gasteiger partial charge is 0.486 e. The molecule has 0 saturated heterocycles. The number of nitrogens with zero attached hydrogens (tertiary/aromatic N) is 1. The molecule has 0 spiro atoms. The van der Waals surface area contributed by atoms with Crippen LogP contribution in [-0.2, 0) is 4.79 Å². The van der Waals surface area contributed by atoms with Crippen molar-refractivity contribution >= 4 is 34.7 Å². The van der Waals surface area contributed by atoms with Gasteiger partial charge in [0.05, 0.1) is 16.5 Å². The van der Waals surface area contributed by atoms with Gasteiger partial charge in [0, 0.05) is 21.5 Å². The van der Waals surface area contributed by atoms with Gasteiger partial charge in [-0.15, -0.1) is 23.1 Å². The highest BCUT2D eigenvalue weighted by atomic mass is 32.2. The minimum absolute atomic E-state index is 0.0542. The van der Waals surface area contributed by atoms with Crippen molar-refractivity contribution in [2.24, 2.45) is 0 Å². The summed E-state index contributed by atoms with van der Waals surface area (Å²) in [5, 5.41) is 6.00. The molecule has 0 bridgehead atoms. The van der Waals surface area contributed by atoms with Crippen molar-refractivity contribution in [2.45, 2.75) is 11.8 Å². The highest BCUT2D eigenvalue weighted by molar-refractivity contribution is 8.00. The topological polar surface area (TPSA) is 60.5 Å². The Kier molecular flexibility index (Phi) is 5.31. The number of thiazole rings is 1. The molecule has 0 fully saturated rings. The second-order valence-electron chi connectivity index (χ2n) is 5.97. The predicted molar refractivity (Wildman–Crippen MR) is 109 cm³/mol. The fraction of sp³-hybridized carbons (Fsp3) is 0.200. The molecule has 138 valence electrons. The van der Waals surface area contributed by atoms with Gasteiger partial charge in [-0.2, -0.15) is 0 Å². The van der Waals surface area contributed by atoms with E-state index in [0.717, 1.165) is 38.3 Å². The molecule has 4 rings (SSSR count). The van der Waals surface area contributed by atoms with Crippen LogP contribution in [0.15, 0.2) is 52.7 Å². The van der Waals surface area contributed by atoms with Crippen LogP contribution in [0.1, 0.15) is 5.01 Å². The molecule has 2 heterocycles. The van der Waals surface area contributed by atoms with E-state index in [-0.39, 0.29) is 5.91 Å². The van der Waals surface area contributed by atoms with Crippen LogP contribution in [0.25, 0.3) is 11.3 Å². The van der Waals surface area contributed by atoms with Gasteiger partial charge in [0.15, 0.2) is 11.5 Å². The molecule has 1 aromatic heterocycles. The van der Waals surface area contributed by atoms with Crippen molar-refractivity contribution in [1.82, 2.24) is 4.98 Å². The number of rotatable bonds is 5. The predicted octanol–water partition coefficient (Wildman–Crippen LogP) is 4.62. The number of benzene rings is 2. The van der Waals surface area contributed by atoms with Gasteiger partial charge in [0.25, 0.3) is 0 Å². The fourth-order valence-corrected chi connectivity index (χ4v) is 4.06. The van der Waals surface area contributed by atoms with Gasteiger partial charge in [-0.1, -0.05) is 12.1 Å². The molecule has 5 nitrogen and oxygen atoms in total. The smallest absolute Gasteiger partial charge is 0.234 e. The van der Waals surface area contributed by atoms with Crippen LogP contribution in [0.5, 0.6) is 11.5 Å². The maximum Gasteiger partial charge on any atom is 0.234 e. The first-order valence-corrected chi connectivity index (χ1v) is 10.4. The summed E-state index contributed by atoms with van der Waals surface area (Å²) < 4.78 is 11.1. The Bertz CT molecular complexity index is 971. The summed E-state index contributed by atoms with van der Waals surface area (Å²) in [7, 11) is 0. The second-order valence-corrected chi connectivity index (χ2v) is 8.09. The lowest BCUT2D eigenvalue weighted by Crippen LogP contribution is -2.15. The van der Waals surface area contributed by atoms with E-state index in [0.29, 0.717) is 19.0 Å². The van der Waals surface area contributed by atoms with Gasteiger partial charge in [-0.3, -0.25) is 4.79 Å². The number of aromatic nitrogens is 1. The molecular formula is C20H18N2O3S2. The maximum absolute atomic E-state index is 12.3. The molecule has 0 unspecified atom stereocenters. The normalized spacial score (nSPS) is 12.6. The third kappa shape index (κ3) is 4.43. The van der Waals surface area contributed by atoms with E-state index in [1.807, 2.05) is 54.8 Å². The Hall–Kier alpha value is -2.51. The van der Waals surface area contributed by atoms with E-state index in [2.05, 4.69) is 10.3 Å². The van der Waals surface area contributed by atoms with Gasteiger partial charge < -0.3 is 14.8 Å². The summed E-state index contributed by atoms with van der Waals surface area (Å²) in [5.74, 6) is 1.75. The average molecular weight is 399 g/mol. The number of amides is 1. The van der Waals surface area contributed by atoms with Crippen molar-refractivity contribution in [3.05, 3.63) is 52.9 Å². The summed E-state index contributed by atoms with van der Waals surface area (Å²) in [4.78, 5) is 17.8. The molecule has 7 heteroatoms. The number of ether oxygens (including phenoxy) is 2. The van der Waals surface area contributed by atoms with Crippen LogP contribution in [0.2, 0.25) is 0 Å². The Balaban J connectivity index is 1.37. The number of aryl methyl sites for hydroxylation is 1. The highest BCUT2D eigenvalue weighted by Gasteiger charge is 2.13. The third-order valence-electron chi connectivity index (χ3n) is 3.94. The lowest BCUT2D eigenvalue weighted by Gasteiger charge is -2.18. The second kappa shape index (κ2) is 8.02. The monoisotopic (exact) mass is 398 g/mol. The number of hydrogen-bond acceptors (Lipinski definition) is 6. The van der Waals surface area contributed by atoms with Gasteiger partial charge in [-0.05, 0) is 37.3 Å². The average Bonchev–Trinajstić information content (AvgIpc) is 3.13. The standard InChI is InChI=1S/C20H18N2O3S2/c1-13-21-17(11-26-13)14-3-2-4-15(9-14)22-20(23)12-27-16-5-6-18-19(10-16)25-8-7-24-18/h2-6,9-11H,7-8,12H2,1H3,(H,22,23). The lowest BCUT2D eigenvalue weighted by atomic mass is 10.1. The van der Waals surface area contributed by atoms with Crippen LogP contribution >= 0.6 is 23.1 Å². The van der Waals surface area contributed by atoms with Crippen LogP contribution < -0.4 is 14.8 Å². The number of fused-ring (bicyclic) bond motifs is 1. The van der Waals surface area contributed by atoms with Gasteiger partial charge in [0.2, 0.25) is 5.91 Å². The molecule has 27 heavy (non-hydrogen) atoms. The Morgan fingerprint density at radius 1 is 1.19 bits per heavy atom. The summed E-state index contributed by atoms with van der Waals surface area (Å²) in [6, 6.07) is 13.5. The number of nitrogens with one attached hydrogen (secondary N) is 1. The van der Waals surface area contributed by atoms with Crippen molar-refractivity contribution in [3.63, 3.8) is 0 Å². The fourth-order valence-electron chi connectivity index (χ4n) is 2.71. The third-order valence-corrected chi connectivity index (χ3v) is 5.71. The quantitative estimate of drug-likeness (QED) is 0.636. The van der Waals surface area contributed by atoms with Crippen molar-refractivity contribution in [3.8, 4) is 22.8 Å². The minimum Gasteiger partial charge on any atom is -0.486 e. The van der Waals surface area contributed by atoms with E-state index in [9.17, 15) is 4.79 Å². The molecule has 2 aromatic carbocycles. The molecule has 3 aromatic rings. The maximum atomic E-state index is 12.3. The van der Waals surface area contributed by atoms with E-state index in [1.54, 1.807) is 11.3 Å². The SMILES string of the molecule is Cc1nc(-c2cccc(NC(=O)CSc3ccc4c(c3)OCCO4)c2)cs1. The molecule has 0 radical (unpaired) electrons. The van der Waals surface area contributed by atoms with Gasteiger partial charge >= 0.3 is 0 Å². The van der Waals surface area contributed by atoms with E-state index in [4.69, 9.17) is 9.47 Å². The summed E-state index contributed by atoms with van der Waals surface area (Å²) in [5.41, 5.74) is 2.70. The zero-order valence-corrected chi connectivity index (χ0v) is 16.4. The highest BCUT2D eigenvalue weighted by Crippen LogP contribution is 2.34. The lowest BCUT2D eigenvalue weighted by molar-refractivity contribution is -0.113. The Labute approximate surface area is 165 Å². The first kappa shape index (κ1) is 17.9. The molecule has 1 amide bonds. The van der Waals surface area contributed by atoms with Crippen LogP contribution in [0.3, 0.4) is 0 Å². The summed E-state index contributed by atoms with van der Waals surface area (Å²) in [6.07, 6.45) is 0. The van der Waals surface area contributed by atoms with Crippen LogP contribution in [0, 0.1) is 6.92 Å². The zero-order chi connectivity index (χ0) is 18.6. The Morgan fingerprint density at radius 2 is 2.04 bits per heavy atom. The molecular weight excluding hydrogens is 380 g/mol. The van der Waals surface area contributed by atoms with Gasteiger partial charge in [-0.25, -0.2) is 4.98 Å². The number of carbonyl (C=O) groups excluding carboxylic acids is 1. The van der Waals surface area contributed by atoms with Gasteiger partial charge in [0.1, 0.15) is 13.2 Å². The van der Waals surface area contributed by atoms with Crippen LogP contribution in [0.4, 0.5) is 5.69 Å². The first-order chi connectivity index (χ1) is 13.2. The van der Waals surface area contributed by atoms with Crippen molar-refractivity contribution < 1.29 is 14.3 Å². The molecule has 1 N–H and O–H groups in total. The Morgan fingerprint density at radius 3 is 2.85 bits per heavy atom. The number of anilines is 1. The van der Waals surface area contributed by atoms with E-state index >= 15 is 0 Å². The zero-order valence-electron chi connectivity index (χ0n) is 14.7. The van der Waals surface area contributed by atoms with E-state index < -0.39 is 0 Å². The summed E-state index contributed by atoms with van der Waals surface area (Å²) in [6.45, 7) is 3.10. The first-order valence-electron chi connectivity index (χ1n) is 8.52. The van der Waals surface area contributed by atoms with E-state index in [1.165, 1.54) is 11.8 Å². The van der Waals surface area contributed by atoms with Crippen molar-refractivity contribution in [2.75, 3.05) is 24.3 Å². The minimum atomic E-state index is -0.0542. The number of hydrogen-bond donors (Lipinski definition) is 1. The molecule has 0 atom stereocenters. The van der Waals surface area contributed by atoms with Crippen LogP contribution in [-0.4, -0.2) is 29.9 Å².